The Morgan fingerprint density at radius 3 is 2.41 bits per heavy atom. The summed E-state index contributed by atoms with van der Waals surface area (Å²) in [6.07, 6.45) is 3.59. The number of anilines is 1. The number of nitro groups is 1. The average molecular weight is 489 g/mol. The zero-order valence-corrected chi connectivity index (χ0v) is 20.7. The zero-order valence-electron chi connectivity index (χ0n) is 19.9. The molecule has 0 spiro atoms. The minimum absolute atomic E-state index is 0.133. The van der Waals surface area contributed by atoms with Gasteiger partial charge < -0.3 is 5.32 Å². The molecule has 34 heavy (non-hydrogen) atoms. The molecular formula is C24H32N4O5S. The van der Waals surface area contributed by atoms with Gasteiger partial charge in [0.15, 0.2) is 0 Å². The van der Waals surface area contributed by atoms with Crippen molar-refractivity contribution < 1.29 is 18.1 Å². The van der Waals surface area contributed by atoms with Gasteiger partial charge in [-0.25, -0.2) is 8.42 Å². The van der Waals surface area contributed by atoms with Crippen molar-refractivity contribution in [2.45, 2.75) is 52.2 Å². The second-order valence-corrected chi connectivity index (χ2v) is 10.5. The highest BCUT2D eigenvalue weighted by molar-refractivity contribution is 7.92. The van der Waals surface area contributed by atoms with Gasteiger partial charge in [0.1, 0.15) is 6.04 Å². The lowest BCUT2D eigenvalue weighted by molar-refractivity contribution is -0.384. The van der Waals surface area contributed by atoms with E-state index in [1.54, 1.807) is 13.8 Å². The maximum atomic E-state index is 13.2. The zero-order chi connectivity index (χ0) is 24.9. The number of sulfonamides is 1. The highest BCUT2D eigenvalue weighted by Gasteiger charge is 2.33. The van der Waals surface area contributed by atoms with Crippen molar-refractivity contribution >= 4 is 27.3 Å². The molecule has 1 saturated heterocycles. The second kappa shape index (κ2) is 11.0. The molecule has 1 unspecified atom stereocenters. The van der Waals surface area contributed by atoms with Crippen molar-refractivity contribution in [1.29, 1.82) is 0 Å². The molecule has 1 amide bonds. The summed E-state index contributed by atoms with van der Waals surface area (Å²) in [7, 11) is -3.90. The van der Waals surface area contributed by atoms with Crippen LogP contribution in [0.3, 0.4) is 0 Å². The number of likely N-dealkylation sites (tertiary alicyclic amines) is 1. The first-order valence-corrected chi connectivity index (χ1v) is 13.3. The van der Waals surface area contributed by atoms with Crippen molar-refractivity contribution in [3.63, 3.8) is 0 Å². The maximum Gasteiger partial charge on any atom is 0.271 e. The molecule has 1 aliphatic heterocycles. The van der Waals surface area contributed by atoms with E-state index in [1.807, 2.05) is 24.3 Å². The summed E-state index contributed by atoms with van der Waals surface area (Å²) in [5.74, 6) is -0.449. The van der Waals surface area contributed by atoms with Gasteiger partial charge in [0.05, 0.1) is 16.9 Å². The van der Waals surface area contributed by atoms with Crippen molar-refractivity contribution in [3.8, 4) is 0 Å². The van der Waals surface area contributed by atoms with Crippen LogP contribution in [0.4, 0.5) is 11.4 Å². The summed E-state index contributed by atoms with van der Waals surface area (Å²) in [5, 5.41) is 14.2. The number of aryl methyl sites for hydroxylation is 1. The summed E-state index contributed by atoms with van der Waals surface area (Å²) >= 11 is 0. The Bertz CT molecular complexity index is 1150. The molecule has 0 aliphatic carbocycles. The number of benzene rings is 2. The monoisotopic (exact) mass is 488 g/mol. The molecule has 1 atom stereocenters. The number of nitrogens with one attached hydrogen (secondary N) is 1. The van der Waals surface area contributed by atoms with Crippen LogP contribution in [0.2, 0.25) is 0 Å². The van der Waals surface area contributed by atoms with Gasteiger partial charge in [-0.3, -0.25) is 24.1 Å². The summed E-state index contributed by atoms with van der Waals surface area (Å²) < 4.78 is 26.5. The molecule has 1 fully saturated rings. The van der Waals surface area contributed by atoms with Crippen LogP contribution in [-0.2, 0) is 27.9 Å². The van der Waals surface area contributed by atoms with Crippen molar-refractivity contribution in [2.24, 2.45) is 0 Å². The molecule has 1 N–H and O–H groups in total. The summed E-state index contributed by atoms with van der Waals surface area (Å²) in [4.78, 5) is 26.3. The lowest BCUT2D eigenvalue weighted by atomic mass is 10.1. The minimum Gasteiger partial charge on any atom is -0.350 e. The molecule has 9 nitrogen and oxygen atoms in total. The Morgan fingerprint density at radius 2 is 1.82 bits per heavy atom. The van der Waals surface area contributed by atoms with E-state index in [0.717, 1.165) is 41.3 Å². The Hall–Kier alpha value is -2.98. The second-order valence-electron chi connectivity index (χ2n) is 8.68. The first kappa shape index (κ1) is 25.6. The molecule has 184 valence electrons. The first-order valence-electron chi connectivity index (χ1n) is 11.4. The third kappa shape index (κ3) is 6.12. The van der Waals surface area contributed by atoms with E-state index in [1.165, 1.54) is 31.0 Å². The predicted molar refractivity (Wildman–Crippen MR) is 132 cm³/mol. The number of non-ortho nitro benzene ring substituents is 1. The van der Waals surface area contributed by atoms with E-state index in [-0.39, 0.29) is 24.3 Å². The van der Waals surface area contributed by atoms with Gasteiger partial charge in [0.2, 0.25) is 15.9 Å². The van der Waals surface area contributed by atoms with Crippen molar-refractivity contribution in [3.05, 3.63) is 69.3 Å². The third-order valence-electron chi connectivity index (χ3n) is 6.13. The highest BCUT2D eigenvalue weighted by Crippen LogP contribution is 2.30. The van der Waals surface area contributed by atoms with Gasteiger partial charge in [0, 0.05) is 25.2 Å². The smallest absolute Gasteiger partial charge is 0.271 e. The molecule has 2 aromatic rings. The van der Waals surface area contributed by atoms with Gasteiger partial charge in [0.25, 0.3) is 5.69 Å². The van der Waals surface area contributed by atoms with Crippen LogP contribution >= 0.6 is 0 Å². The molecule has 1 aliphatic rings. The van der Waals surface area contributed by atoms with E-state index >= 15 is 0 Å². The quantitative estimate of drug-likeness (QED) is 0.405. The number of nitrogens with zero attached hydrogens (tertiary/aromatic N) is 3. The van der Waals surface area contributed by atoms with Crippen molar-refractivity contribution in [2.75, 3.05) is 23.7 Å². The Balaban J connectivity index is 1.84. The standard InChI is InChI=1S/C24H32N4O5S/c1-4-22(27(34(3,32)33)23-15-21(28(30)31)12-11-18(23)2)24(29)25-16-19-9-5-6-10-20(19)17-26-13-7-8-14-26/h5-6,9-12,15,22H,4,7-8,13-14,16-17H2,1-3H3,(H,25,29). The van der Waals surface area contributed by atoms with Crippen LogP contribution in [0.15, 0.2) is 42.5 Å². The van der Waals surface area contributed by atoms with Crippen molar-refractivity contribution in [1.82, 2.24) is 10.2 Å². The molecule has 10 heteroatoms. The molecular weight excluding hydrogens is 456 g/mol. The summed E-state index contributed by atoms with van der Waals surface area (Å²) in [6.45, 7) is 6.58. The molecule has 0 saturated carbocycles. The van der Waals surface area contributed by atoms with Crippen LogP contribution in [0.25, 0.3) is 0 Å². The van der Waals surface area contributed by atoms with Gasteiger partial charge in [-0.2, -0.15) is 0 Å². The molecule has 2 aromatic carbocycles. The number of hydrogen-bond donors (Lipinski definition) is 1. The van der Waals surface area contributed by atoms with Gasteiger partial charge in [-0.15, -0.1) is 0 Å². The average Bonchev–Trinajstić information content (AvgIpc) is 3.29. The van der Waals surface area contributed by atoms with Crippen LogP contribution in [0.5, 0.6) is 0 Å². The Labute approximate surface area is 201 Å². The molecule has 3 rings (SSSR count). The lowest BCUT2D eigenvalue weighted by Gasteiger charge is -2.31. The lowest BCUT2D eigenvalue weighted by Crippen LogP contribution is -2.49. The minimum atomic E-state index is -3.90. The fourth-order valence-corrected chi connectivity index (χ4v) is 5.61. The van der Waals surface area contributed by atoms with Crippen LogP contribution in [0, 0.1) is 17.0 Å². The van der Waals surface area contributed by atoms with Crippen LogP contribution in [-0.4, -0.2) is 49.5 Å². The highest BCUT2D eigenvalue weighted by atomic mass is 32.2. The normalized spacial score (nSPS) is 15.1. The largest absolute Gasteiger partial charge is 0.350 e. The van der Waals surface area contributed by atoms with Crippen LogP contribution in [0.1, 0.15) is 42.9 Å². The topological polar surface area (TPSA) is 113 Å². The fraction of sp³-hybridized carbons (Fsp3) is 0.458. The van der Waals surface area contributed by atoms with Gasteiger partial charge in [-0.05, 0) is 56.0 Å². The molecule has 1 heterocycles. The predicted octanol–water partition coefficient (Wildman–Crippen LogP) is 3.36. The number of hydrogen-bond acceptors (Lipinski definition) is 6. The number of carbonyl (C=O) groups is 1. The number of nitro benzene ring substituents is 1. The first-order chi connectivity index (χ1) is 16.1. The summed E-state index contributed by atoms with van der Waals surface area (Å²) in [5.41, 5.74) is 2.54. The van der Waals surface area contributed by atoms with Gasteiger partial charge >= 0.3 is 0 Å². The third-order valence-corrected chi connectivity index (χ3v) is 7.30. The molecule has 0 aromatic heterocycles. The van der Waals surface area contributed by atoms with Crippen LogP contribution < -0.4 is 9.62 Å². The maximum absolute atomic E-state index is 13.2. The Kier molecular flexibility index (Phi) is 8.27. The SMILES string of the molecule is CCC(C(=O)NCc1ccccc1CN1CCCC1)N(c1cc([N+](=O)[O-])ccc1C)S(C)(=O)=O. The molecule has 0 radical (unpaired) electrons. The number of amides is 1. The number of carbonyl (C=O) groups excluding carboxylic acids is 1. The fourth-order valence-electron chi connectivity index (χ4n) is 4.35. The van der Waals surface area contributed by atoms with E-state index in [9.17, 15) is 23.3 Å². The Morgan fingerprint density at radius 1 is 1.18 bits per heavy atom. The summed E-state index contributed by atoms with van der Waals surface area (Å²) in [6, 6.07) is 10.9. The molecule has 0 bridgehead atoms. The number of rotatable bonds is 10. The van der Waals surface area contributed by atoms with E-state index in [0.29, 0.717) is 5.56 Å². The van der Waals surface area contributed by atoms with E-state index < -0.39 is 26.9 Å². The van der Waals surface area contributed by atoms with Gasteiger partial charge in [-0.1, -0.05) is 37.3 Å². The van der Waals surface area contributed by atoms with E-state index in [4.69, 9.17) is 0 Å². The van der Waals surface area contributed by atoms with E-state index in [2.05, 4.69) is 10.2 Å².